The molecule has 0 spiro atoms. The van der Waals surface area contributed by atoms with E-state index in [0.29, 0.717) is 19.5 Å². The Kier molecular flexibility index (Phi) is 7.50. The Morgan fingerprint density at radius 1 is 0.920 bits per heavy atom. The molecule has 132 valence electrons. The van der Waals surface area contributed by atoms with Crippen molar-refractivity contribution in [1.82, 2.24) is 10.6 Å². The summed E-state index contributed by atoms with van der Waals surface area (Å²) in [5.74, 6) is -0.678. The summed E-state index contributed by atoms with van der Waals surface area (Å²) in [4.78, 5) is 22.4. The minimum atomic E-state index is -0.853. The van der Waals surface area contributed by atoms with Crippen molar-refractivity contribution in [2.75, 3.05) is 13.1 Å². The third-order valence-electron chi connectivity index (χ3n) is 3.96. The maximum absolute atomic E-state index is 11.9. The molecule has 2 aromatic rings. The molecule has 2 rings (SSSR count). The normalized spacial score (nSPS) is 11.5. The highest BCUT2D eigenvalue weighted by molar-refractivity contribution is 5.74. The first-order valence-corrected chi connectivity index (χ1v) is 8.47. The standard InChI is InChI=1S/C20H24N2O3/c23-19(24)12-7-13-21-20(25)22-15-18(17-10-5-2-6-11-17)14-16-8-3-1-4-9-16/h1-6,8-11,18H,7,12-15H2,(H,23,24)(H2,21,22,25). The average molecular weight is 340 g/mol. The van der Waals surface area contributed by atoms with E-state index in [2.05, 4.69) is 34.9 Å². The summed E-state index contributed by atoms with van der Waals surface area (Å²) in [5.41, 5.74) is 2.40. The molecule has 0 saturated heterocycles. The van der Waals surface area contributed by atoms with E-state index >= 15 is 0 Å². The Hall–Kier alpha value is -2.82. The number of carboxylic acids is 1. The zero-order chi connectivity index (χ0) is 17.9. The lowest BCUT2D eigenvalue weighted by molar-refractivity contribution is -0.137. The summed E-state index contributed by atoms with van der Waals surface area (Å²) in [6.07, 6.45) is 1.32. The summed E-state index contributed by atoms with van der Waals surface area (Å²) in [6.45, 7) is 0.872. The number of hydrogen-bond donors (Lipinski definition) is 3. The van der Waals surface area contributed by atoms with Gasteiger partial charge in [-0.05, 0) is 24.0 Å². The van der Waals surface area contributed by atoms with E-state index in [1.54, 1.807) is 0 Å². The van der Waals surface area contributed by atoms with Crippen molar-refractivity contribution in [3.05, 3.63) is 71.8 Å². The number of amides is 2. The summed E-state index contributed by atoms with van der Waals surface area (Å²) in [6, 6.07) is 20.0. The fraction of sp³-hybridized carbons (Fsp3) is 0.300. The highest BCUT2D eigenvalue weighted by atomic mass is 16.4. The Balaban J connectivity index is 1.88. The monoisotopic (exact) mass is 340 g/mol. The van der Waals surface area contributed by atoms with E-state index in [-0.39, 0.29) is 18.4 Å². The zero-order valence-electron chi connectivity index (χ0n) is 14.2. The van der Waals surface area contributed by atoms with E-state index in [4.69, 9.17) is 5.11 Å². The molecule has 0 aliphatic heterocycles. The predicted molar refractivity (Wildman–Crippen MR) is 97.6 cm³/mol. The van der Waals surface area contributed by atoms with Gasteiger partial charge in [0.25, 0.3) is 0 Å². The maximum Gasteiger partial charge on any atom is 0.314 e. The van der Waals surface area contributed by atoms with Crippen LogP contribution in [-0.2, 0) is 11.2 Å². The van der Waals surface area contributed by atoms with Crippen LogP contribution in [0, 0.1) is 0 Å². The predicted octanol–water partition coefficient (Wildman–Crippen LogP) is 3.18. The molecule has 1 atom stereocenters. The van der Waals surface area contributed by atoms with Crippen LogP contribution in [0.15, 0.2) is 60.7 Å². The molecule has 0 aliphatic carbocycles. The van der Waals surface area contributed by atoms with Crippen LogP contribution in [0.5, 0.6) is 0 Å². The summed E-state index contributed by atoms with van der Waals surface area (Å²) in [5, 5.41) is 14.2. The lowest BCUT2D eigenvalue weighted by Crippen LogP contribution is -2.38. The molecular formula is C20H24N2O3. The smallest absolute Gasteiger partial charge is 0.314 e. The molecule has 3 N–H and O–H groups in total. The van der Waals surface area contributed by atoms with Gasteiger partial charge in [-0.15, -0.1) is 0 Å². The van der Waals surface area contributed by atoms with Crippen LogP contribution in [-0.4, -0.2) is 30.2 Å². The largest absolute Gasteiger partial charge is 0.481 e. The van der Waals surface area contributed by atoms with Crippen LogP contribution in [0.25, 0.3) is 0 Å². The van der Waals surface area contributed by atoms with E-state index in [1.807, 2.05) is 36.4 Å². The Bertz CT molecular complexity index is 659. The molecule has 0 radical (unpaired) electrons. The van der Waals surface area contributed by atoms with Crippen molar-refractivity contribution >= 4 is 12.0 Å². The van der Waals surface area contributed by atoms with E-state index in [9.17, 15) is 9.59 Å². The molecule has 0 aromatic heterocycles. The molecule has 2 amide bonds. The Morgan fingerprint density at radius 3 is 2.20 bits per heavy atom. The van der Waals surface area contributed by atoms with E-state index < -0.39 is 5.97 Å². The van der Waals surface area contributed by atoms with Gasteiger partial charge >= 0.3 is 12.0 Å². The van der Waals surface area contributed by atoms with Gasteiger partial charge in [0.1, 0.15) is 0 Å². The van der Waals surface area contributed by atoms with Gasteiger partial charge in [0.05, 0.1) is 0 Å². The van der Waals surface area contributed by atoms with Gasteiger partial charge in [-0.1, -0.05) is 60.7 Å². The number of carbonyl (C=O) groups excluding carboxylic acids is 1. The number of urea groups is 1. The van der Waals surface area contributed by atoms with Gasteiger partial charge in [-0.2, -0.15) is 0 Å². The number of aliphatic carboxylic acids is 1. The molecule has 25 heavy (non-hydrogen) atoms. The number of hydrogen-bond acceptors (Lipinski definition) is 2. The van der Waals surface area contributed by atoms with Crippen molar-refractivity contribution in [1.29, 1.82) is 0 Å². The first-order valence-electron chi connectivity index (χ1n) is 8.47. The second-order valence-electron chi connectivity index (χ2n) is 5.93. The summed E-state index contributed by atoms with van der Waals surface area (Å²) >= 11 is 0. The topological polar surface area (TPSA) is 78.4 Å². The van der Waals surface area contributed by atoms with Crippen molar-refractivity contribution < 1.29 is 14.7 Å². The second kappa shape index (κ2) is 10.1. The lowest BCUT2D eigenvalue weighted by atomic mass is 9.92. The molecule has 0 bridgehead atoms. The molecule has 2 aromatic carbocycles. The third kappa shape index (κ3) is 7.08. The fourth-order valence-corrected chi connectivity index (χ4v) is 2.65. The minimum absolute atomic E-state index is 0.0565. The van der Waals surface area contributed by atoms with Crippen LogP contribution in [0.1, 0.15) is 29.9 Å². The molecule has 5 nitrogen and oxygen atoms in total. The minimum Gasteiger partial charge on any atom is -0.481 e. The number of carbonyl (C=O) groups is 2. The van der Waals surface area contributed by atoms with Crippen molar-refractivity contribution in [3.8, 4) is 0 Å². The van der Waals surface area contributed by atoms with Gasteiger partial charge < -0.3 is 15.7 Å². The molecule has 0 saturated carbocycles. The van der Waals surface area contributed by atoms with E-state index in [1.165, 1.54) is 11.1 Å². The molecule has 5 heteroatoms. The molecule has 0 aliphatic rings. The number of carboxylic acid groups (broad SMARTS) is 1. The van der Waals surface area contributed by atoms with Gasteiger partial charge in [-0.3, -0.25) is 4.79 Å². The number of nitrogens with one attached hydrogen (secondary N) is 2. The SMILES string of the molecule is O=C(O)CCCNC(=O)NCC(Cc1ccccc1)c1ccccc1. The van der Waals surface area contributed by atoms with Crippen LogP contribution in [0.2, 0.25) is 0 Å². The van der Waals surface area contributed by atoms with Crippen LogP contribution < -0.4 is 10.6 Å². The molecule has 0 heterocycles. The highest BCUT2D eigenvalue weighted by Crippen LogP contribution is 2.20. The van der Waals surface area contributed by atoms with Crippen molar-refractivity contribution in [3.63, 3.8) is 0 Å². The molecule has 1 unspecified atom stereocenters. The third-order valence-corrected chi connectivity index (χ3v) is 3.96. The van der Waals surface area contributed by atoms with Crippen molar-refractivity contribution in [2.45, 2.75) is 25.2 Å². The quantitative estimate of drug-likeness (QED) is 0.614. The highest BCUT2D eigenvalue weighted by Gasteiger charge is 2.13. The van der Waals surface area contributed by atoms with Gasteiger partial charge in [0.15, 0.2) is 0 Å². The lowest BCUT2D eigenvalue weighted by Gasteiger charge is -2.18. The average Bonchev–Trinajstić information content (AvgIpc) is 2.63. The van der Waals surface area contributed by atoms with Gasteiger partial charge in [0, 0.05) is 25.4 Å². The van der Waals surface area contributed by atoms with Gasteiger partial charge in [0.2, 0.25) is 0 Å². The summed E-state index contributed by atoms with van der Waals surface area (Å²) in [7, 11) is 0. The van der Waals surface area contributed by atoms with E-state index in [0.717, 1.165) is 6.42 Å². The first-order chi connectivity index (χ1) is 12.1. The van der Waals surface area contributed by atoms with Crippen LogP contribution in [0.4, 0.5) is 4.79 Å². The van der Waals surface area contributed by atoms with Gasteiger partial charge in [-0.25, -0.2) is 4.79 Å². The fourth-order valence-electron chi connectivity index (χ4n) is 2.65. The van der Waals surface area contributed by atoms with Crippen LogP contribution in [0.3, 0.4) is 0 Å². The second-order valence-corrected chi connectivity index (χ2v) is 5.93. The first kappa shape index (κ1) is 18.5. The summed E-state index contributed by atoms with van der Waals surface area (Å²) < 4.78 is 0. The van der Waals surface area contributed by atoms with Crippen LogP contribution >= 0.6 is 0 Å². The van der Waals surface area contributed by atoms with Crippen molar-refractivity contribution in [2.24, 2.45) is 0 Å². The molecular weight excluding hydrogens is 316 g/mol. The Labute approximate surface area is 148 Å². The zero-order valence-corrected chi connectivity index (χ0v) is 14.2. The maximum atomic E-state index is 11.9. The number of benzene rings is 2. The molecule has 0 fully saturated rings. The Morgan fingerprint density at radius 2 is 1.56 bits per heavy atom. The number of rotatable bonds is 9.